The zero-order valence-corrected chi connectivity index (χ0v) is 11.3. The number of carbonyl (C=O) groups excluding carboxylic acids is 1. The summed E-state index contributed by atoms with van der Waals surface area (Å²) in [5, 5.41) is 3.16. The Kier molecular flexibility index (Phi) is 3.31. The molecule has 102 valence electrons. The molecule has 0 bridgehead atoms. The average molecular weight is 258 g/mol. The van der Waals surface area contributed by atoms with E-state index in [1.807, 2.05) is 0 Å². The lowest BCUT2D eigenvalue weighted by atomic mass is 9.94. The number of rotatable bonds is 3. The molecule has 1 aromatic carbocycles. The number of hydrogen-bond donors (Lipinski definition) is 2. The Labute approximate surface area is 114 Å². The first-order chi connectivity index (χ1) is 9.15. The van der Waals surface area contributed by atoms with Crippen LogP contribution in [0.3, 0.4) is 0 Å². The quantitative estimate of drug-likeness (QED) is 0.870. The van der Waals surface area contributed by atoms with Crippen LogP contribution in [0.1, 0.15) is 43.2 Å². The highest BCUT2D eigenvalue weighted by Gasteiger charge is 2.32. The number of nitrogens with one attached hydrogen (secondary N) is 1. The number of amides is 1. The summed E-state index contributed by atoms with van der Waals surface area (Å²) < 4.78 is 0. The SMILES string of the molecule is NC1(CC(=O)NC2Cc3ccccc3C2)CCCC1. The van der Waals surface area contributed by atoms with Crippen LogP contribution in [0.15, 0.2) is 24.3 Å². The van der Waals surface area contributed by atoms with Crippen LogP contribution in [-0.2, 0) is 17.6 Å². The summed E-state index contributed by atoms with van der Waals surface area (Å²) in [6.45, 7) is 0. The zero-order valence-electron chi connectivity index (χ0n) is 11.3. The second-order valence-electron chi connectivity index (χ2n) is 6.19. The largest absolute Gasteiger partial charge is 0.353 e. The Morgan fingerprint density at radius 1 is 1.21 bits per heavy atom. The van der Waals surface area contributed by atoms with Gasteiger partial charge in [-0.05, 0) is 36.8 Å². The highest BCUT2D eigenvalue weighted by Crippen LogP contribution is 2.30. The van der Waals surface area contributed by atoms with Crippen LogP contribution in [0, 0.1) is 0 Å². The zero-order chi connectivity index (χ0) is 13.3. The van der Waals surface area contributed by atoms with Gasteiger partial charge < -0.3 is 11.1 Å². The minimum absolute atomic E-state index is 0.127. The smallest absolute Gasteiger partial charge is 0.222 e. The molecular weight excluding hydrogens is 236 g/mol. The molecular formula is C16H22N2O. The molecule has 1 aromatic rings. The lowest BCUT2D eigenvalue weighted by molar-refractivity contribution is -0.122. The fourth-order valence-electron chi connectivity index (χ4n) is 3.52. The fraction of sp³-hybridized carbons (Fsp3) is 0.562. The summed E-state index contributed by atoms with van der Waals surface area (Å²) in [5.74, 6) is 0.127. The van der Waals surface area contributed by atoms with Gasteiger partial charge in [0.25, 0.3) is 0 Å². The van der Waals surface area contributed by atoms with Crippen molar-refractivity contribution in [2.24, 2.45) is 5.73 Å². The van der Waals surface area contributed by atoms with Gasteiger partial charge in [0.05, 0.1) is 0 Å². The van der Waals surface area contributed by atoms with E-state index in [1.54, 1.807) is 0 Å². The Hall–Kier alpha value is -1.35. The van der Waals surface area contributed by atoms with Gasteiger partial charge in [-0.2, -0.15) is 0 Å². The summed E-state index contributed by atoms with van der Waals surface area (Å²) in [4.78, 5) is 12.1. The van der Waals surface area contributed by atoms with E-state index in [0.29, 0.717) is 6.42 Å². The summed E-state index contributed by atoms with van der Waals surface area (Å²) in [6, 6.07) is 8.70. The van der Waals surface area contributed by atoms with E-state index in [9.17, 15) is 4.79 Å². The molecule has 1 fully saturated rings. The fourth-order valence-corrected chi connectivity index (χ4v) is 3.52. The highest BCUT2D eigenvalue weighted by atomic mass is 16.1. The van der Waals surface area contributed by atoms with Crippen molar-refractivity contribution in [1.82, 2.24) is 5.32 Å². The third-order valence-corrected chi connectivity index (χ3v) is 4.53. The van der Waals surface area contributed by atoms with E-state index >= 15 is 0 Å². The van der Waals surface area contributed by atoms with Gasteiger partial charge in [0.2, 0.25) is 5.91 Å². The maximum atomic E-state index is 12.1. The van der Waals surface area contributed by atoms with E-state index in [2.05, 4.69) is 29.6 Å². The highest BCUT2D eigenvalue weighted by molar-refractivity contribution is 5.77. The summed E-state index contributed by atoms with van der Waals surface area (Å²) in [5.41, 5.74) is 8.76. The molecule has 0 saturated heterocycles. The van der Waals surface area contributed by atoms with Crippen LogP contribution >= 0.6 is 0 Å². The minimum atomic E-state index is -0.241. The third-order valence-electron chi connectivity index (χ3n) is 4.53. The predicted octanol–water partition coefficient (Wildman–Crippen LogP) is 1.93. The van der Waals surface area contributed by atoms with E-state index in [4.69, 9.17) is 5.73 Å². The molecule has 1 amide bonds. The van der Waals surface area contributed by atoms with Gasteiger partial charge in [-0.3, -0.25) is 4.79 Å². The second-order valence-corrected chi connectivity index (χ2v) is 6.19. The molecule has 0 aromatic heterocycles. The van der Waals surface area contributed by atoms with Gasteiger partial charge in [0.15, 0.2) is 0 Å². The number of carbonyl (C=O) groups is 1. The van der Waals surface area contributed by atoms with Crippen molar-refractivity contribution in [1.29, 1.82) is 0 Å². The van der Waals surface area contributed by atoms with Gasteiger partial charge >= 0.3 is 0 Å². The molecule has 0 unspecified atom stereocenters. The van der Waals surface area contributed by atoms with Gasteiger partial charge in [0.1, 0.15) is 0 Å². The van der Waals surface area contributed by atoms with Gasteiger partial charge in [-0.25, -0.2) is 0 Å². The predicted molar refractivity (Wildman–Crippen MR) is 75.8 cm³/mol. The van der Waals surface area contributed by atoms with Crippen molar-refractivity contribution in [3.05, 3.63) is 35.4 Å². The number of nitrogens with two attached hydrogens (primary N) is 1. The summed E-state index contributed by atoms with van der Waals surface area (Å²) in [6.07, 6.45) is 6.72. The lowest BCUT2D eigenvalue weighted by Gasteiger charge is -2.23. The van der Waals surface area contributed by atoms with E-state index in [-0.39, 0.29) is 17.5 Å². The molecule has 1 saturated carbocycles. The van der Waals surface area contributed by atoms with E-state index in [0.717, 1.165) is 25.7 Å². The van der Waals surface area contributed by atoms with Crippen LogP contribution < -0.4 is 11.1 Å². The average Bonchev–Trinajstić information content (AvgIpc) is 2.94. The van der Waals surface area contributed by atoms with Crippen LogP contribution in [-0.4, -0.2) is 17.5 Å². The summed E-state index contributed by atoms with van der Waals surface area (Å²) >= 11 is 0. The maximum absolute atomic E-state index is 12.1. The molecule has 3 N–H and O–H groups in total. The molecule has 2 aliphatic carbocycles. The third kappa shape index (κ3) is 2.81. The number of benzene rings is 1. The molecule has 0 spiro atoms. The van der Waals surface area contributed by atoms with Crippen LogP contribution in [0.4, 0.5) is 0 Å². The van der Waals surface area contributed by atoms with Crippen LogP contribution in [0.2, 0.25) is 0 Å². The normalized spacial score (nSPS) is 21.3. The molecule has 0 heterocycles. The first-order valence-corrected chi connectivity index (χ1v) is 7.30. The molecule has 3 nitrogen and oxygen atoms in total. The van der Waals surface area contributed by atoms with Crippen LogP contribution in [0.25, 0.3) is 0 Å². The van der Waals surface area contributed by atoms with Crippen molar-refractivity contribution >= 4 is 5.91 Å². The monoisotopic (exact) mass is 258 g/mol. The van der Waals surface area contributed by atoms with Gasteiger partial charge in [-0.15, -0.1) is 0 Å². The molecule has 2 aliphatic rings. The first kappa shape index (κ1) is 12.7. The van der Waals surface area contributed by atoms with Crippen molar-refractivity contribution in [2.75, 3.05) is 0 Å². The summed E-state index contributed by atoms with van der Waals surface area (Å²) in [7, 11) is 0. The lowest BCUT2D eigenvalue weighted by Crippen LogP contribution is -2.44. The number of hydrogen-bond acceptors (Lipinski definition) is 2. The molecule has 0 radical (unpaired) electrons. The standard InChI is InChI=1S/C16H22N2O/c17-16(7-3-4-8-16)11-15(19)18-14-9-12-5-1-2-6-13(12)10-14/h1-2,5-6,14H,3-4,7-11,17H2,(H,18,19). The second kappa shape index (κ2) is 4.97. The van der Waals surface area contributed by atoms with Crippen molar-refractivity contribution in [3.63, 3.8) is 0 Å². The first-order valence-electron chi connectivity index (χ1n) is 7.30. The molecule has 0 atom stereocenters. The topological polar surface area (TPSA) is 55.1 Å². The Morgan fingerprint density at radius 2 is 1.79 bits per heavy atom. The maximum Gasteiger partial charge on any atom is 0.222 e. The Morgan fingerprint density at radius 3 is 2.37 bits per heavy atom. The molecule has 19 heavy (non-hydrogen) atoms. The molecule has 0 aliphatic heterocycles. The minimum Gasteiger partial charge on any atom is -0.353 e. The molecule has 3 rings (SSSR count). The Bertz CT molecular complexity index is 452. The Balaban J connectivity index is 1.54. The number of fused-ring (bicyclic) bond motifs is 1. The van der Waals surface area contributed by atoms with Gasteiger partial charge in [-0.1, -0.05) is 37.1 Å². The van der Waals surface area contributed by atoms with Gasteiger partial charge in [0, 0.05) is 18.0 Å². The van der Waals surface area contributed by atoms with Crippen molar-refractivity contribution in [3.8, 4) is 0 Å². The molecule has 3 heteroatoms. The van der Waals surface area contributed by atoms with Crippen LogP contribution in [0.5, 0.6) is 0 Å². The van der Waals surface area contributed by atoms with E-state index in [1.165, 1.54) is 24.0 Å². The van der Waals surface area contributed by atoms with Crippen molar-refractivity contribution < 1.29 is 4.79 Å². The van der Waals surface area contributed by atoms with E-state index < -0.39 is 0 Å². The van der Waals surface area contributed by atoms with Crippen molar-refractivity contribution in [2.45, 2.75) is 56.5 Å².